The number of hydrogen-bond donors (Lipinski definition) is 2. The van der Waals surface area contributed by atoms with Gasteiger partial charge in [-0.1, -0.05) is 47.5 Å². The van der Waals surface area contributed by atoms with Crippen LogP contribution in [0.25, 0.3) is 0 Å². The van der Waals surface area contributed by atoms with Gasteiger partial charge in [0.1, 0.15) is 0 Å². The lowest BCUT2D eigenvalue weighted by Crippen LogP contribution is -2.27. The van der Waals surface area contributed by atoms with Crippen LogP contribution in [0.2, 0.25) is 10.0 Å². The molecule has 2 aromatic rings. The van der Waals surface area contributed by atoms with Crippen LogP contribution in [-0.2, 0) is 16.1 Å². The fraction of sp³-hybridized carbons (Fsp3) is 0.263. The van der Waals surface area contributed by atoms with Crippen LogP contribution in [0.4, 0.5) is 5.69 Å². The van der Waals surface area contributed by atoms with Gasteiger partial charge in [-0.3, -0.25) is 9.59 Å². The van der Waals surface area contributed by atoms with E-state index in [1.54, 1.807) is 18.2 Å². The van der Waals surface area contributed by atoms with Gasteiger partial charge in [-0.05, 0) is 42.7 Å². The predicted molar refractivity (Wildman–Crippen MR) is 99.7 cm³/mol. The van der Waals surface area contributed by atoms with Crippen LogP contribution in [-0.4, -0.2) is 11.8 Å². The first-order valence-corrected chi connectivity index (χ1v) is 8.79. The molecule has 0 aromatic heterocycles. The number of anilines is 1. The van der Waals surface area contributed by atoms with Gasteiger partial charge in [-0.25, -0.2) is 0 Å². The van der Waals surface area contributed by atoms with Crippen molar-refractivity contribution in [3.63, 3.8) is 0 Å². The zero-order chi connectivity index (χ0) is 18.0. The second-order valence-electron chi connectivity index (χ2n) is 6.21. The fourth-order valence-electron chi connectivity index (χ4n) is 2.68. The largest absolute Gasteiger partial charge is 0.352 e. The molecule has 4 nitrogen and oxygen atoms in total. The van der Waals surface area contributed by atoms with Crippen LogP contribution in [0.3, 0.4) is 0 Å². The Balaban J connectivity index is 1.53. The quantitative estimate of drug-likeness (QED) is 0.821. The third-order valence-electron chi connectivity index (χ3n) is 4.33. The Morgan fingerprint density at radius 1 is 1.08 bits per heavy atom. The number of rotatable bonds is 5. The summed E-state index contributed by atoms with van der Waals surface area (Å²) < 4.78 is 0. The van der Waals surface area contributed by atoms with Gasteiger partial charge < -0.3 is 10.6 Å². The molecule has 1 aliphatic rings. The first kappa shape index (κ1) is 17.8. The van der Waals surface area contributed by atoms with Crippen molar-refractivity contribution in [1.29, 1.82) is 0 Å². The second-order valence-corrected chi connectivity index (χ2v) is 7.05. The first-order valence-electron chi connectivity index (χ1n) is 8.04. The maximum Gasteiger partial charge on any atom is 0.228 e. The number of amides is 2. The summed E-state index contributed by atoms with van der Waals surface area (Å²) in [4.78, 5) is 24.5. The van der Waals surface area contributed by atoms with Crippen molar-refractivity contribution in [3.05, 3.63) is 63.6 Å². The van der Waals surface area contributed by atoms with E-state index in [0.29, 0.717) is 28.7 Å². The van der Waals surface area contributed by atoms with Gasteiger partial charge in [-0.2, -0.15) is 0 Å². The van der Waals surface area contributed by atoms with Crippen LogP contribution in [0.1, 0.15) is 17.5 Å². The fourth-order valence-corrected chi connectivity index (χ4v) is 3.06. The highest BCUT2D eigenvalue weighted by Gasteiger charge is 2.48. The minimum atomic E-state index is -0.301. The number of carbonyl (C=O) groups is 2. The predicted octanol–water partition coefficient (Wildman–Crippen LogP) is 4.19. The Morgan fingerprint density at radius 3 is 2.56 bits per heavy atom. The van der Waals surface area contributed by atoms with Gasteiger partial charge in [-0.15, -0.1) is 0 Å². The molecule has 3 rings (SSSR count). The highest BCUT2D eigenvalue weighted by molar-refractivity contribution is 6.31. The lowest BCUT2D eigenvalue weighted by atomic mass is 10.2. The van der Waals surface area contributed by atoms with E-state index in [4.69, 9.17) is 23.2 Å². The molecule has 0 heterocycles. The molecule has 130 valence electrons. The molecule has 1 saturated carbocycles. The van der Waals surface area contributed by atoms with Crippen LogP contribution < -0.4 is 10.6 Å². The van der Waals surface area contributed by atoms with Gasteiger partial charge >= 0.3 is 0 Å². The summed E-state index contributed by atoms with van der Waals surface area (Å²) in [5.41, 5.74) is 2.46. The molecule has 0 aliphatic heterocycles. The summed E-state index contributed by atoms with van der Waals surface area (Å²) in [6.45, 7) is 2.25. The van der Waals surface area contributed by atoms with E-state index in [1.807, 2.05) is 31.2 Å². The van der Waals surface area contributed by atoms with Crippen molar-refractivity contribution in [3.8, 4) is 0 Å². The van der Waals surface area contributed by atoms with E-state index >= 15 is 0 Å². The van der Waals surface area contributed by atoms with Crippen LogP contribution in [0.15, 0.2) is 42.5 Å². The maximum absolute atomic E-state index is 12.3. The van der Waals surface area contributed by atoms with Crippen molar-refractivity contribution in [2.45, 2.75) is 19.9 Å². The molecule has 0 saturated heterocycles. The van der Waals surface area contributed by atoms with Crippen molar-refractivity contribution in [2.75, 3.05) is 5.32 Å². The molecule has 1 aliphatic carbocycles. The average molecular weight is 377 g/mol. The normalized spacial score (nSPS) is 18.5. The second kappa shape index (κ2) is 7.46. The molecule has 25 heavy (non-hydrogen) atoms. The summed E-state index contributed by atoms with van der Waals surface area (Å²) in [5.74, 6) is -0.863. The van der Waals surface area contributed by atoms with Gasteiger partial charge in [0.2, 0.25) is 11.8 Å². The lowest BCUT2D eigenvalue weighted by Gasteiger charge is -2.09. The molecule has 2 amide bonds. The van der Waals surface area contributed by atoms with Gasteiger partial charge in [0.05, 0.1) is 11.8 Å². The third-order valence-corrected chi connectivity index (χ3v) is 4.94. The van der Waals surface area contributed by atoms with Gasteiger partial charge in [0.15, 0.2) is 0 Å². The summed E-state index contributed by atoms with van der Waals surface area (Å²) >= 11 is 12.0. The number of carbonyl (C=O) groups excluding carboxylic acids is 2. The summed E-state index contributed by atoms with van der Waals surface area (Å²) in [6.07, 6.45) is 0.555. The highest BCUT2D eigenvalue weighted by Crippen LogP contribution is 2.40. The highest BCUT2D eigenvalue weighted by atomic mass is 35.5. The molecular formula is C19H18Cl2N2O2. The van der Waals surface area contributed by atoms with E-state index in [0.717, 1.165) is 11.1 Å². The Bertz CT molecular complexity index is 823. The molecule has 2 unspecified atom stereocenters. The van der Waals surface area contributed by atoms with Crippen molar-refractivity contribution < 1.29 is 9.59 Å². The number of nitrogens with one attached hydrogen (secondary N) is 2. The van der Waals surface area contributed by atoms with Crippen LogP contribution >= 0.6 is 23.2 Å². The summed E-state index contributed by atoms with van der Waals surface area (Å²) in [6, 6.07) is 12.7. The smallest absolute Gasteiger partial charge is 0.228 e. The minimum Gasteiger partial charge on any atom is -0.352 e. The standard InChI is InChI=1S/C19H18Cl2N2O2/c1-11-6-7-13(20)8-17(11)23-19(25)15-9-14(15)18(24)22-10-12-4-2-3-5-16(12)21/h2-8,14-15H,9-10H2,1H3,(H,22,24)(H,23,25). The van der Waals surface area contributed by atoms with Gasteiger partial charge in [0.25, 0.3) is 0 Å². The molecule has 2 atom stereocenters. The number of benzene rings is 2. The topological polar surface area (TPSA) is 58.2 Å². The Kier molecular flexibility index (Phi) is 5.30. The average Bonchev–Trinajstić information content (AvgIpc) is 3.38. The monoisotopic (exact) mass is 376 g/mol. The van der Waals surface area contributed by atoms with Crippen LogP contribution in [0.5, 0.6) is 0 Å². The van der Waals surface area contributed by atoms with E-state index in [-0.39, 0.29) is 23.7 Å². The van der Waals surface area contributed by atoms with E-state index in [2.05, 4.69) is 10.6 Å². The summed E-state index contributed by atoms with van der Waals surface area (Å²) in [7, 11) is 0. The third kappa shape index (κ3) is 4.33. The lowest BCUT2D eigenvalue weighted by molar-refractivity contribution is -0.125. The maximum atomic E-state index is 12.3. The molecular weight excluding hydrogens is 359 g/mol. The molecule has 0 bridgehead atoms. The van der Waals surface area contributed by atoms with E-state index in [9.17, 15) is 9.59 Å². The van der Waals surface area contributed by atoms with Crippen molar-refractivity contribution in [1.82, 2.24) is 5.32 Å². The molecule has 2 N–H and O–H groups in total. The summed E-state index contributed by atoms with van der Waals surface area (Å²) in [5, 5.41) is 6.88. The molecule has 0 spiro atoms. The molecule has 1 fully saturated rings. The van der Waals surface area contributed by atoms with Crippen LogP contribution in [0, 0.1) is 18.8 Å². The zero-order valence-corrected chi connectivity index (χ0v) is 15.2. The van der Waals surface area contributed by atoms with Crippen molar-refractivity contribution >= 4 is 40.7 Å². The first-order chi connectivity index (χ1) is 12.0. The number of hydrogen-bond acceptors (Lipinski definition) is 2. The van der Waals surface area contributed by atoms with E-state index in [1.165, 1.54) is 0 Å². The SMILES string of the molecule is Cc1ccc(Cl)cc1NC(=O)C1CC1C(=O)NCc1ccccc1Cl. The Morgan fingerprint density at radius 2 is 1.80 bits per heavy atom. The molecule has 6 heteroatoms. The van der Waals surface area contributed by atoms with Crippen molar-refractivity contribution in [2.24, 2.45) is 11.8 Å². The molecule has 2 aromatic carbocycles. The Labute approximate surface area is 156 Å². The number of aryl methyl sites for hydroxylation is 1. The van der Waals surface area contributed by atoms with E-state index < -0.39 is 0 Å². The zero-order valence-electron chi connectivity index (χ0n) is 13.7. The number of halogens is 2. The molecule has 0 radical (unpaired) electrons. The Hall–Kier alpha value is -2.04. The van der Waals surface area contributed by atoms with Gasteiger partial charge in [0, 0.05) is 22.3 Å². The minimum absolute atomic E-state index is 0.122.